The van der Waals surface area contributed by atoms with Gasteiger partial charge in [-0.05, 0) is 33.2 Å². The molecule has 0 aromatic heterocycles. The molecule has 1 atom stereocenters. The predicted octanol–water partition coefficient (Wildman–Crippen LogP) is 1.79. The van der Waals surface area contributed by atoms with Crippen LogP contribution in [-0.4, -0.2) is 41.2 Å². The summed E-state index contributed by atoms with van der Waals surface area (Å²) in [4.78, 5) is 0. The lowest BCUT2D eigenvalue weighted by Crippen LogP contribution is -2.52. The Labute approximate surface area is 100 Å². The third-order valence-electron chi connectivity index (χ3n) is 2.74. The number of hydrogen-bond donors (Lipinski definition) is 1. The zero-order chi connectivity index (χ0) is 11.9. The first-order chi connectivity index (χ1) is 7.76. The highest BCUT2D eigenvalue weighted by Crippen LogP contribution is 2.22. The van der Waals surface area contributed by atoms with Gasteiger partial charge in [0.15, 0.2) is 0 Å². The first-order valence-corrected chi connectivity index (χ1v) is 8.36. The first-order valence-electron chi connectivity index (χ1n) is 6.42. The van der Waals surface area contributed by atoms with E-state index in [1.54, 1.807) is 0 Å². The minimum atomic E-state index is -2.39. The van der Waals surface area contributed by atoms with Crippen LogP contribution in [0.5, 0.6) is 0 Å². The predicted molar refractivity (Wildman–Crippen MR) is 66.5 cm³/mol. The molecule has 16 heavy (non-hydrogen) atoms. The van der Waals surface area contributed by atoms with Gasteiger partial charge in [-0.15, -0.1) is 0 Å². The molecule has 1 heterocycles. The van der Waals surface area contributed by atoms with Gasteiger partial charge in [-0.3, -0.25) is 0 Å². The van der Waals surface area contributed by atoms with E-state index in [-0.39, 0.29) is 6.10 Å². The Kier molecular flexibility index (Phi) is 6.53. The normalized spacial score (nSPS) is 26.1. The summed E-state index contributed by atoms with van der Waals surface area (Å²) in [5, 5.41) is 3.40. The van der Waals surface area contributed by atoms with Gasteiger partial charge in [0.05, 0.1) is 6.10 Å². The summed E-state index contributed by atoms with van der Waals surface area (Å²) in [6.45, 7) is 9.46. The highest BCUT2D eigenvalue weighted by molar-refractivity contribution is 6.60. The minimum Gasteiger partial charge on any atom is -0.374 e. The Morgan fingerprint density at radius 2 is 1.94 bits per heavy atom. The fourth-order valence-electron chi connectivity index (χ4n) is 1.97. The second-order valence-electron chi connectivity index (χ2n) is 4.00. The van der Waals surface area contributed by atoms with Crippen molar-refractivity contribution in [2.24, 2.45) is 0 Å². The molecule has 0 saturated carbocycles. The largest absolute Gasteiger partial charge is 0.501 e. The molecule has 0 bridgehead atoms. The molecule has 0 aromatic carbocycles. The molecule has 1 fully saturated rings. The van der Waals surface area contributed by atoms with Crippen molar-refractivity contribution >= 4 is 8.80 Å². The number of hydrogen-bond acceptors (Lipinski definition) is 4. The summed E-state index contributed by atoms with van der Waals surface area (Å²) in [5.74, 6) is 0. The second kappa shape index (κ2) is 7.40. The zero-order valence-electron chi connectivity index (χ0n) is 10.8. The summed E-state index contributed by atoms with van der Waals surface area (Å²) in [5.41, 5.74) is 0. The van der Waals surface area contributed by atoms with Gasteiger partial charge in [0.25, 0.3) is 0 Å². The van der Waals surface area contributed by atoms with E-state index < -0.39 is 8.80 Å². The van der Waals surface area contributed by atoms with E-state index in [1.807, 2.05) is 13.8 Å². The molecule has 1 aliphatic rings. The maximum absolute atomic E-state index is 6.14. The molecular weight excluding hydrogens is 222 g/mol. The summed E-state index contributed by atoms with van der Waals surface area (Å²) < 4.78 is 17.8. The molecule has 0 aliphatic carbocycles. The fraction of sp³-hybridized carbons (Fsp3) is 1.00. The lowest BCUT2D eigenvalue weighted by Gasteiger charge is -2.34. The SMILES string of the molecule is CCO[Si]1(OCC)CCCNCC(CC)O1. The van der Waals surface area contributed by atoms with Crippen molar-refractivity contribution in [1.82, 2.24) is 5.32 Å². The third kappa shape index (κ3) is 4.14. The van der Waals surface area contributed by atoms with Crippen LogP contribution in [0, 0.1) is 0 Å². The topological polar surface area (TPSA) is 39.7 Å². The smallest absolute Gasteiger partial charge is 0.374 e. The van der Waals surface area contributed by atoms with E-state index in [1.165, 1.54) is 0 Å². The highest BCUT2D eigenvalue weighted by atomic mass is 28.4. The standard InChI is InChI=1S/C11H25NO3Si/c1-4-11-10-12-8-7-9-16(15-11,13-5-2)14-6-3/h11-12H,4-10H2,1-3H3. The van der Waals surface area contributed by atoms with Gasteiger partial charge >= 0.3 is 8.80 Å². The average Bonchev–Trinajstić information content (AvgIpc) is 2.24. The molecule has 0 radical (unpaired) electrons. The molecule has 1 unspecified atom stereocenters. The van der Waals surface area contributed by atoms with E-state index in [0.717, 1.165) is 32.0 Å². The summed E-state index contributed by atoms with van der Waals surface area (Å²) in [7, 11) is -2.39. The van der Waals surface area contributed by atoms with Crippen molar-refractivity contribution < 1.29 is 13.3 Å². The van der Waals surface area contributed by atoms with E-state index in [4.69, 9.17) is 13.3 Å². The van der Waals surface area contributed by atoms with E-state index in [9.17, 15) is 0 Å². The van der Waals surface area contributed by atoms with Gasteiger partial charge in [0.1, 0.15) is 0 Å². The maximum Gasteiger partial charge on any atom is 0.501 e. The van der Waals surface area contributed by atoms with Crippen LogP contribution in [0.2, 0.25) is 6.04 Å². The van der Waals surface area contributed by atoms with Crippen LogP contribution in [0.25, 0.3) is 0 Å². The lowest BCUT2D eigenvalue weighted by molar-refractivity contribution is 0.0269. The molecule has 96 valence electrons. The van der Waals surface area contributed by atoms with Gasteiger partial charge in [-0.25, -0.2) is 0 Å². The molecule has 1 saturated heterocycles. The Morgan fingerprint density at radius 3 is 2.50 bits per heavy atom. The van der Waals surface area contributed by atoms with Crippen molar-refractivity contribution in [3.05, 3.63) is 0 Å². The minimum absolute atomic E-state index is 0.227. The van der Waals surface area contributed by atoms with Gasteiger partial charge in [0, 0.05) is 25.8 Å². The Morgan fingerprint density at radius 1 is 1.25 bits per heavy atom. The Bertz CT molecular complexity index is 186. The van der Waals surface area contributed by atoms with Crippen LogP contribution in [0.15, 0.2) is 0 Å². The van der Waals surface area contributed by atoms with E-state index >= 15 is 0 Å². The van der Waals surface area contributed by atoms with Crippen LogP contribution in [0.3, 0.4) is 0 Å². The molecule has 0 spiro atoms. The third-order valence-corrected chi connectivity index (χ3v) is 5.85. The molecule has 1 N–H and O–H groups in total. The number of rotatable bonds is 5. The number of nitrogens with one attached hydrogen (secondary N) is 1. The molecular formula is C11H25NO3Si. The van der Waals surface area contributed by atoms with Gasteiger partial charge in [-0.1, -0.05) is 6.92 Å². The summed E-state index contributed by atoms with van der Waals surface area (Å²) >= 11 is 0. The van der Waals surface area contributed by atoms with E-state index in [0.29, 0.717) is 13.2 Å². The zero-order valence-corrected chi connectivity index (χ0v) is 11.8. The molecule has 1 aliphatic heterocycles. The van der Waals surface area contributed by atoms with Crippen molar-refractivity contribution in [3.63, 3.8) is 0 Å². The highest BCUT2D eigenvalue weighted by Gasteiger charge is 2.42. The van der Waals surface area contributed by atoms with Crippen LogP contribution in [0.4, 0.5) is 0 Å². The van der Waals surface area contributed by atoms with Gasteiger partial charge in [0.2, 0.25) is 0 Å². The van der Waals surface area contributed by atoms with Crippen LogP contribution in [-0.2, 0) is 13.3 Å². The molecule has 0 aromatic rings. The van der Waals surface area contributed by atoms with E-state index in [2.05, 4.69) is 12.2 Å². The van der Waals surface area contributed by atoms with Crippen molar-refractivity contribution in [3.8, 4) is 0 Å². The first kappa shape index (κ1) is 14.1. The molecule has 0 amide bonds. The Balaban J connectivity index is 2.66. The fourth-order valence-corrected chi connectivity index (χ4v) is 4.84. The van der Waals surface area contributed by atoms with Gasteiger partial charge < -0.3 is 18.6 Å². The Hall–Kier alpha value is 0.0569. The molecule has 5 heteroatoms. The quantitative estimate of drug-likeness (QED) is 0.752. The average molecular weight is 247 g/mol. The monoisotopic (exact) mass is 247 g/mol. The molecule has 1 rings (SSSR count). The second-order valence-corrected chi connectivity index (χ2v) is 6.68. The van der Waals surface area contributed by atoms with Crippen molar-refractivity contribution in [1.29, 1.82) is 0 Å². The lowest BCUT2D eigenvalue weighted by atomic mass is 10.3. The van der Waals surface area contributed by atoms with Crippen molar-refractivity contribution in [2.75, 3.05) is 26.3 Å². The maximum atomic E-state index is 6.14. The van der Waals surface area contributed by atoms with Crippen LogP contribution in [0.1, 0.15) is 33.6 Å². The van der Waals surface area contributed by atoms with Gasteiger partial charge in [-0.2, -0.15) is 0 Å². The van der Waals surface area contributed by atoms with Crippen LogP contribution >= 0.6 is 0 Å². The van der Waals surface area contributed by atoms with Crippen LogP contribution < -0.4 is 5.32 Å². The summed E-state index contributed by atoms with van der Waals surface area (Å²) in [6, 6.07) is 0.929. The summed E-state index contributed by atoms with van der Waals surface area (Å²) in [6.07, 6.45) is 2.30. The molecule has 4 nitrogen and oxygen atoms in total. The van der Waals surface area contributed by atoms with Crippen molar-refractivity contribution in [2.45, 2.75) is 45.8 Å².